The van der Waals surface area contributed by atoms with E-state index in [2.05, 4.69) is 59.6 Å². The largest absolute Gasteiger partial charge is 0.496 e. The smallest absolute Gasteiger partial charge is 0.224 e. The van der Waals surface area contributed by atoms with Gasteiger partial charge in [-0.25, -0.2) is 4.98 Å². The van der Waals surface area contributed by atoms with Gasteiger partial charge in [-0.15, -0.1) is 0 Å². The summed E-state index contributed by atoms with van der Waals surface area (Å²) in [7, 11) is 1.67. The predicted molar refractivity (Wildman–Crippen MR) is 111 cm³/mol. The number of nitrogens with zero attached hydrogens (tertiary/aromatic N) is 2. The van der Waals surface area contributed by atoms with Gasteiger partial charge in [0.05, 0.1) is 7.11 Å². The third-order valence-electron chi connectivity index (χ3n) is 4.47. The maximum Gasteiger partial charge on any atom is 0.224 e. The molecule has 0 bridgehead atoms. The molecule has 0 fully saturated rings. The quantitative estimate of drug-likeness (QED) is 0.599. The van der Waals surface area contributed by atoms with Gasteiger partial charge < -0.3 is 15.4 Å². The van der Waals surface area contributed by atoms with E-state index in [0.717, 1.165) is 22.8 Å². The SMILES string of the molecule is COc1ccccc1CNc1nccc(Nc2c(C)cccc2C(C)C)n1. The number of hydrogen-bond acceptors (Lipinski definition) is 5. The van der Waals surface area contributed by atoms with Crippen LogP contribution < -0.4 is 15.4 Å². The normalized spacial score (nSPS) is 10.7. The molecule has 1 heterocycles. The van der Waals surface area contributed by atoms with E-state index < -0.39 is 0 Å². The van der Waals surface area contributed by atoms with Crippen LogP contribution in [0.1, 0.15) is 36.5 Å². The average molecular weight is 362 g/mol. The van der Waals surface area contributed by atoms with Crippen molar-refractivity contribution >= 4 is 17.5 Å². The first-order valence-corrected chi connectivity index (χ1v) is 9.14. The molecule has 0 saturated carbocycles. The summed E-state index contributed by atoms with van der Waals surface area (Å²) in [6, 6.07) is 16.2. The average Bonchev–Trinajstić information content (AvgIpc) is 2.68. The Kier molecular flexibility index (Phi) is 5.91. The molecule has 0 aliphatic rings. The van der Waals surface area contributed by atoms with Crippen LogP contribution in [0.5, 0.6) is 5.75 Å². The van der Waals surface area contributed by atoms with Gasteiger partial charge in [-0.3, -0.25) is 0 Å². The van der Waals surface area contributed by atoms with Crippen LogP contribution in [0.15, 0.2) is 54.7 Å². The highest BCUT2D eigenvalue weighted by Crippen LogP contribution is 2.29. The minimum atomic E-state index is 0.428. The predicted octanol–water partition coefficient (Wildman–Crippen LogP) is 5.27. The van der Waals surface area contributed by atoms with E-state index in [4.69, 9.17) is 4.74 Å². The molecule has 3 aromatic rings. The molecule has 0 spiro atoms. The molecule has 0 radical (unpaired) electrons. The second-order valence-corrected chi connectivity index (χ2v) is 6.75. The standard InChI is InChI=1S/C22H26N4O/c1-15(2)18-10-7-8-16(3)21(18)25-20-12-13-23-22(26-20)24-14-17-9-5-6-11-19(17)27-4/h5-13,15H,14H2,1-4H3,(H2,23,24,25,26). The van der Waals surface area contributed by atoms with Gasteiger partial charge in [0.1, 0.15) is 11.6 Å². The topological polar surface area (TPSA) is 59.1 Å². The zero-order chi connectivity index (χ0) is 19.2. The highest BCUT2D eigenvalue weighted by molar-refractivity contribution is 5.65. The molecule has 140 valence electrons. The minimum absolute atomic E-state index is 0.428. The second-order valence-electron chi connectivity index (χ2n) is 6.75. The van der Waals surface area contributed by atoms with E-state index in [1.54, 1.807) is 13.3 Å². The Morgan fingerprint density at radius 1 is 1.04 bits per heavy atom. The van der Waals surface area contributed by atoms with Crippen LogP contribution >= 0.6 is 0 Å². The van der Waals surface area contributed by atoms with Crippen molar-refractivity contribution in [3.05, 3.63) is 71.4 Å². The molecular formula is C22H26N4O. The van der Waals surface area contributed by atoms with Crippen molar-refractivity contribution in [3.8, 4) is 5.75 Å². The van der Waals surface area contributed by atoms with Crippen molar-refractivity contribution < 1.29 is 4.74 Å². The molecule has 0 atom stereocenters. The maximum absolute atomic E-state index is 5.39. The highest BCUT2D eigenvalue weighted by atomic mass is 16.5. The van der Waals surface area contributed by atoms with Crippen LogP contribution in [0.2, 0.25) is 0 Å². The molecule has 5 heteroatoms. The minimum Gasteiger partial charge on any atom is -0.496 e. The van der Waals surface area contributed by atoms with E-state index in [0.29, 0.717) is 18.4 Å². The van der Waals surface area contributed by atoms with Crippen LogP contribution in [0.25, 0.3) is 0 Å². The van der Waals surface area contributed by atoms with Crippen molar-refractivity contribution in [1.29, 1.82) is 0 Å². The van der Waals surface area contributed by atoms with Gasteiger partial charge in [0.2, 0.25) is 5.95 Å². The number of para-hydroxylation sites is 2. The highest BCUT2D eigenvalue weighted by Gasteiger charge is 2.10. The number of rotatable bonds is 7. The summed E-state index contributed by atoms with van der Waals surface area (Å²) in [6.07, 6.45) is 1.76. The summed E-state index contributed by atoms with van der Waals surface area (Å²) in [5.74, 6) is 2.62. The van der Waals surface area contributed by atoms with Gasteiger partial charge in [0, 0.05) is 24.0 Å². The molecule has 2 aromatic carbocycles. The zero-order valence-electron chi connectivity index (χ0n) is 16.3. The molecule has 27 heavy (non-hydrogen) atoms. The molecule has 0 saturated heterocycles. The first-order chi connectivity index (χ1) is 13.1. The number of aryl methyl sites for hydroxylation is 1. The number of benzene rings is 2. The van der Waals surface area contributed by atoms with Gasteiger partial charge in [-0.1, -0.05) is 50.2 Å². The summed E-state index contributed by atoms with van der Waals surface area (Å²) in [5, 5.41) is 6.74. The lowest BCUT2D eigenvalue weighted by molar-refractivity contribution is 0.410. The molecule has 0 aliphatic heterocycles. The molecule has 2 N–H and O–H groups in total. The number of methoxy groups -OCH3 is 1. The number of ether oxygens (including phenoxy) is 1. The Hall–Kier alpha value is -3.08. The number of nitrogens with one attached hydrogen (secondary N) is 2. The summed E-state index contributed by atoms with van der Waals surface area (Å²) in [6.45, 7) is 7.09. The van der Waals surface area contributed by atoms with Crippen LogP contribution in [-0.4, -0.2) is 17.1 Å². The van der Waals surface area contributed by atoms with Gasteiger partial charge in [0.15, 0.2) is 0 Å². The zero-order valence-corrected chi connectivity index (χ0v) is 16.3. The summed E-state index contributed by atoms with van der Waals surface area (Å²) >= 11 is 0. The van der Waals surface area contributed by atoms with Crippen molar-refractivity contribution in [2.45, 2.75) is 33.2 Å². The lowest BCUT2D eigenvalue weighted by Crippen LogP contribution is -2.07. The van der Waals surface area contributed by atoms with Gasteiger partial charge in [0.25, 0.3) is 0 Å². The van der Waals surface area contributed by atoms with E-state index in [9.17, 15) is 0 Å². The molecule has 0 unspecified atom stereocenters. The lowest BCUT2D eigenvalue weighted by atomic mass is 9.98. The van der Waals surface area contributed by atoms with E-state index >= 15 is 0 Å². The fourth-order valence-electron chi connectivity index (χ4n) is 3.01. The van der Waals surface area contributed by atoms with Gasteiger partial charge in [-0.2, -0.15) is 4.98 Å². The van der Waals surface area contributed by atoms with Crippen molar-refractivity contribution in [2.24, 2.45) is 0 Å². The fourth-order valence-corrected chi connectivity index (χ4v) is 3.01. The Bertz CT molecular complexity index is 908. The number of anilines is 3. The van der Waals surface area contributed by atoms with Crippen LogP contribution in [0.4, 0.5) is 17.5 Å². The number of aromatic nitrogens is 2. The lowest BCUT2D eigenvalue weighted by Gasteiger charge is -2.17. The number of hydrogen-bond donors (Lipinski definition) is 2. The summed E-state index contributed by atoms with van der Waals surface area (Å²) in [4.78, 5) is 8.93. The second kappa shape index (κ2) is 8.54. The van der Waals surface area contributed by atoms with Crippen molar-refractivity contribution in [3.63, 3.8) is 0 Å². The van der Waals surface area contributed by atoms with Crippen LogP contribution in [0.3, 0.4) is 0 Å². The third kappa shape index (κ3) is 4.56. The van der Waals surface area contributed by atoms with Gasteiger partial charge >= 0.3 is 0 Å². The third-order valence-corrected chi connectivity index (χ3v) is 4.47. The maximum atomic E-state index is 5.39. The van der Waals surface area contributed by atoms with E-state index in [1.165, 1.54) is 11.1 Å². The van der Waals surface area contributed by atoms with Gasteiger partial charge in [-0.05, 0) is 36.1 Å². The first kappa shape index (κ1) is 18.7. The van der Waals surface area contributed by atoms with Crippen molar-refractivity contribution in [2.75, 3.05) is 17.7 Å². The molecule has 0 amide bonds. The molecule has 0 aliphatic carbocycles. The molecule has 5 nitrogen and oxygen atoms in total. The first-order valence-electron chi connectivity index (χ1n) is 9.14. The summed E-state index contributed by atoms with van der Waals surface area (Å²) < 4.78 is 5.39. The summed E-state index contributed by atoms with van der Waals surface area (Å²) in [5.41, 5.74) is 4.64. The Morgan fingerprint density at radius 2 is 1.85 bits per heavy atom. The van der Waals surface area contributed by atoms with Crippen molar-refractivity contribution in [1.82, 2.24) is 9.97 Å². The Balaban J connectivity index is 1.77. The monoisotopic (exact) mass is 362 g/mol. The van der Waals surface area contributed by atoms with Crippen LogP contribution in [0, 0.1) is 6.92 Å². The molecule has 1 aromatic heterocycles. The fraction of sp³-hybridized carbons (Fsp3) is 0.273. The van der Waals surface area contributed by atoms with E-state index in [-0.39, 0.29) is 0 Å². The van der Waals surface area contributed by atoms with E-state index in [1.807, 2.05) is 30.3 Å². The molecule has 3 rings (SSSR count). The molecular weight excluding hydrogens is 336 g/mol. The Labute approximate surface area is 160 Å². The van der Waals surface area contributed by atoms with Crippen LogP contribution in [-0.2, 0) is 6.54 Å². The Morgan fingerprint density at radius 3 is 2.63 bits per heavy atom.